The highest BCUT2D eigenvalue weighted by molar-refractivity contribution is 6.30. The van der Waals surface area contributed by atoms with E-state index in [1.807, 2.05) is 51.1 Å². The van der Waals surface area contributed by atoms with E-state index in [9.17, 15) is 4.79 Å². The average Bonchev–Trinajstić information content (AvgIpc) is 2.43. The van der Waals surface area contributed by atoms with E-state index in [0.717, 1.165) is 11.3 Å². The highest BCUT2D eigenvalue weighted by Gasteiger charge is 2.07. The third-order valence-corrected chi connectivity index (χ3v) is 3.24. The van der Waals surface area contributed by atoms with E-state index in [1.54, 1.807) is 6.20 Å². The second kappa shape index (κ2) is 6.59. The molecule has 0 saturated carbocycles. The molecule has 1 amide bonds. The molecule has 4 nitrogen and oxygen atoms in total. The fourth-order valence-corrected chi connectivity index (χ4v) is 1.96. The Morgan fingerprint density at radius 2 is 2.00 bits per heavy atom. The Morgan fingerprint density at radius 1 is 1.24 bits per heavy atom. The van der Waals surface area contributed by atoms with Gasteiger partial charge >= 0.3 is 0 Å². The zero-order chi connectivity index (χ0) is 15.4. The van der Waals surface area contributed by atoms with E-state index in [4.69, 9.17) is 11.6 Å². The van der Waals surface area contributed by atoms with Crippen molar-refractivity contribution in [3.63, 3.8) is 0 Å². The first-order chi connectivity index (χ1) is 9.95. The summed E-state index contributed by atoms with van der Waals surface area (Å²) in [6.45, 7) is 5.68. The van der Waals surface area contributed by atoms with Crippen molar-refractivity contribution in [2.75, 3.05) is 10.6 Å². The number of carbonyl (C=O) groups excluding carboxylic acids is 1. The van der Waals surface area contributed by atoms with Gasteiger partial charge in [0, 0.05) is 16.6 Å². The number of hydrogen-bond donors (Lipinski definition) is 2. The van der Waals surface area contributed by atoms with Gasteiger partial charge in [0.25, 0.3) is 0 Å². The summed E-state index contributed by atoms with van der Waals surface area (Å²) < 4.78 is 0. The van der Waals surface area contributed by atoms with E-state index in [1.165, 1.54) is 0 Å². The predicted molar refractivity (Wildman–Crippen MR) is 87.2 cm³/mol. The third-order valence-electron chi connectivity index (χ3n) is 3.01. The number of aromatic nitrogens is 1. The molecule has 0 aliphatic heterocycles. The first kappa shape index (κ1) is 15.3. The fraction of sp³-hybridized carbons (Fsp3) is 0.250. The number of hydrogen-bond acceptors (Lipinski definition) is 3. The lowest BCUT2D eigenvalue weighted by molar-refractivity contribution is -0.118. The van der Waals surface area contributed by atoms with Crippen LogP contribution in [0.2, 0.25) is 5.02 Å². The number of nitrogens with one attached hydrogen (secondary N) is 2. The molecule has 5 heteroatoms. The Hall–Kier alpha value is -2.07. The van der Waals surface area contributed by atoms with Gasteiger partial charge in [-0.05, 0) is 42.8 Å². The summed E-state index contributed by atoms with van der Waals surface area (Å²) in [7, 11) is 0. The number of benzene rings is 1. The van der Waals surface area contributed by atoms with Crippen LogP contribution in [-0.2, 0) is 4.79 Å². The molecular weight excluding hydrogens is 286 g/mol. The van der Waals surface area contributed by atoms with Gasteiger partial charge < -0.3 is 10.6 Å². The largest absolute Gasteiger partial charge is 0.340 e. The zero-order valence-electron chi connectivity index (χ0n) is 12.3. The van der Waals surface area contributed by atoms with Crippen molar-refractivity contribution in [2.45, 2.75) is 20.8 Å². The first-order valence-electron chi connectivity index (χ1n) is 6.76. The Labute approximate surface area is 129 Å². The molecule has 0 unspecified atom stereocenters. The van der Waals surface area contributed by atoms with Crippen molar-refractivity contribution in [2.24, 2.45) is 5.92 Å². The van der Waals surface area contributed by atoms with Crippen LogP contribution < -0.4 is 10.6 Å². The maximum Gasteiger partial charge on any atom is 0.226 e. The Kier molecular flexibility index (Phi) is 4.81. The lowest BCUT2D eigenvalue weighted by Crippen LogP contribution is -2.17. The molecule has 0 bridgehead atoms. The molecule has 2 aromatic rings. The van der Waals surface area contributed by atoms with Crippen LogP contribution >= 0.6 is 11.6 Å². The molecule has 1 aromatic heterocycles. The maximum atomic E-state index is 11.6. The Bertz CT molecular complexity index is 638. The van der Waals surface area contributed by atoms with Gasteiger partial charge in [0.05, 0.1) is 11.9 Å². The maximum absolute atomic E-state index is 11.6. The van der Waals surface area contributed by atoms with Gasteiger partial charge in [0.15, 0.2) is 0 Å². The molecule has 21 heavy (non-hydrogen) atoms. The Balaban J connectivity index is 2.07. The topological polar surface area (TPSA) is 54.0 Å². The smallest absolute Gasteiger partial charge is 0.226 e. The second-order valence-electron chi connectivity index (χ2n) is 5.16. The third kappa shape index (κ3) is 4.20. The highest BCUT2D eigenvalue weighted by atomic mass is 35.5. The minimum atomic E-state index is -0.0560. The summed E-state index contributed by atoms with van der Waals surface area (Å²) in [5, 5.41) is 6.73. The van der Waals surface area contributed by atoms with Gasteiger partial charge in [-0.15, -0.1) is 0 Å². The van der Waals surface area contributed by atoms with Crippen LogP contribution in [0.4, 0.5) is 17.2 Å². The van der Waals surface area contributed by atoms with Crippen molar-refractivity contribution in [3.05, 3.63) is 47.1 Å². The summed E-state index contributed by atoms with van der Waals surface area (Å²) in [6, 6.07) is 9.27. The van der Waals surface area contributed by atoms with E-state index < -0.39 is 0 Å². The van der Waals surface area contributed by atoms with Gasteiger partial charge in [-0.25, -0.2) is 4.98 Å². The van der Waals surface area contributed by atoms with Gasteiger partial charge in [0.1, 0.15) is 5.82 Å². The first-order valence-corrected chi connectivity index (χ1v) is 7.13. The van der Waals surface area contributed by atoms with Crippen LogP contribution in [0.15, 0.2) is 36.5 Å². The second-order valence-corrected chi connectivity index (χ2v) is 5.60. The zero-order valence-corrected chi connectivity index (χ0v) is 13.0. The van der Waals surface area contributed by atoms with Crippen molar-refractivity contribution < 1.29 is 4.79 Å². The summed E-state index contributed by atoms with van der Waals surface area (Å²) in [5.74, 6) is 0.633. The molecule has 0 spiro atoms. The van der Waals surface area contributed by atoms with Crippen LogP contribution in [0.25, 0.3) is 0 Å². The van der Waals surface area contributed by atoms with Crippen molar-refractivity contribution >= 4 is 34.7 Å². The molecule has 0 aliphatic rings. The number of rotatable bonds is 4. The monoisotopic (exact) mass is 303 g/mol. The van der Waals surface area contributed by atoms with Gasteiger partial charge in [-0.1, -0.05) is 25.4 Å². The molecule has 0 atom stereocenters. The average molecular weight is 304 g/mol. The van der Waals surface area contributed by atoms with Crippen LogP contribution in [0, 0.1) is 12.8 Å². The number of aryl methyl sites for hydroxylation is 1. The number of anilines is 3. The van der Waals surface area contributed by atoms with Crippen molar-refractivity contribution in [1.82, 2.24) is 4.98 Å². The van der Waals surface area contributed by atoms with Crippen LogP contribution in [0.1, 0.15) is 19.4 Å². The van der Waals surface area contributed by atoms with E-state index in [2.05, 4.69) is 15.6 Å². The fourth-order valence-electron chi connectivity index (χ4n) is 1.73. The highest BCUT2D eigenvalue weighted by Crippen LogP contribution is 2.23. The Morgan fingerprint density at radius 3 is 2.57 bits per heavy atom. The van der Waals surface area contributed by atoms with E-state index in [0.29, 0.717) is 16.5 Å². The summed E-state index contributed by atoms with van der Waals surface area (Å²) in [4.78, 5) is 15.9. The molecule has 110 valence electrons. The minimum Gasteiger partial charge on any atom is -0.340 e. The lowest BCUT2D eigenvalue weighted by Gasteiger charge is -2.11. The quantitative estimate of drug-likeness (QED) is 0.881. The predicted octanol–water partition coefficient (Wildman–Crippen LogP) is 4.38. The summed E-state index contributed by atoms with van der Waals surface area (Å²) >= 11 is 5.93. The molecular formula is C16H18ClN3O. The molecule has 0 saturated heterocycles. The van der Waals surface area contributed by atoms with E-state index in [-0.39, 0.29) is 11.8 Å². The number of carbonyl (C=O) groups is 1. The molecule has 1 aromatic carbocycles. The lowest BCUT2D eigenvalue weighted by atomic mass is 10.2. The van der Waals surface area contributed by atoms with Crippen molar-refractivity contribution in [1.29, 1.82) is 0 Å². The molecule has 2 N–H and O–H groups in total. The van der Waals surface area contributed by atoms with Gasteiger partial charge in [-0.2, -0.15) is 0 Å². The molecule has 0 radical (unpaired) electrons. The van der Waals surface area contributed by atoms with Crippen LogP contribution in [0.5, 0.6) is 0 Å². The number of nitrogens with zero attached hydrogens (tertiary/aromatic N) is 1. The molecule has 0 fully saturated rings. The van der Waals surface area contributed by atoms with Crippen LogP contribution in [0.3, 0.4) is 0 Å². The van der Waals surface area contributed by atoms with Gasteiger partial charge in [-0.3, -0.25) is 4.79 Å². The number of amides is 1. The van der Waals surface area contributed by atoms with Crippen LogP contribution in [-0.4, -0.2) is 10.9 Å². The minimum absolute atomic E-state index is 0.0222. The standard InChI is InChI=1S/C16H18ClN3O/c1-10(2)16(21)19-13-5-7-15(18-9-13)20-14-6-4-12(17)8-11(14)3/h4-10H,1-3H3,(H,18,20)(H,19,21). The number of halogens is 1. The van der Waals surface area contributed by atoms with E-state index >= 15 is 0 Å². The molecule has 1 heterocycles. The molecule has 0 aliphatic carbocycles. The number of pyridine rings is 1. The normalized spacial score (nSPS) is 10.5. The summed E-state index contributed by atoms with van der Waals surface area (Å²) in [6.07, 6.45) is 1.63. The SMILES string of the molecule is Cc1cc(Cl)ccc1Nc1ccc(NC(=O)C(C)C)cn1. The van der Waals surface area contributed by atoms with Crippen molar-refractivity contribution in [3.8, 4) is 0 Å². The molecule has 2 rings (SSSR count). The summed E-state index contributed by atoms with van der Waals surface area (Å²) in [5.41, 5.74) is 2.68. The van der Waals surface area contributed by atoms with Gasteiger partial charge in [0.2, 0.25) is 5.91 Å².